The third-order valence-electron chi connectivity index (χ3n) is 5.49. The van der Waals surface area contributed by atoms with E-state index in [4.69, 9.17) is 10.5 Å². The molecule has 0 atom stereocenters. The second-order valence-corrected chi connectivity index (χ2v) is 7.41. The van der Waals surface area contributed by atoms with Crippen LogP contribution in [-0.4, -0.2) is 42.6 Å². The van der Waals surface area contributed by atoms with Crippen LogP contribution >= 0.6 is 24.8 Å². The molecule has 3 rings (SSSR count). The van der Waals surface area contributed by atoms with E-state index in [2.05, 4.69) is 28.4 Å². The van der Waals surface area contributed by atoms with Crippen molar-refractivity contribution in [1.82, 2.24) is 10.2 Å². The van der Waals surface area contributed by atoms with E-state index in [0.29, 0.717) is 32.6 Å². The lowest BCUT2D eigenvalue weighted by atomic mass is 9.90. The van der Waals surface area contributed by atoms with E-state index >= 15 is 0 Å². The number of amides is 1. The van der Waals surface area contributed by atoms with E-state index in [1.165, 1.54) is 49.9 Å². The smallest absolute Gasteiger partial charge is 0.240 e. The summed E-state index contributed by atoms with van der Waals surface area (Å²) in [6.07, 6.45) is 6.45. The first-order chi connectivity index (χ1) is 12.2. The van der Waals surface area contributed by atoms with Crippen LogP contribution in [0.2, 0.25) is 0 Å². The van der Waals surface area contributed by atoms with Gasteiger partial charge in [-0.1, -0.05) is 37.1 Å². The van der Waals surface area contributed by atoms with Gasteiger partial charge in [0.15, 0.2) is 0 Å². The summed E-state index contributed by atoms with van der Waals surface area (Å²) in [5.74, 6) is -0.0552. The standard InChI is InChI=1S/C20H31N3O2.2ClH/c21-20(9-13-25-14-10-20)19(24)22-15-17-7-3-4-8-18(17)16-23-11-5-1-2-6-12-23;;/h3-4,7-8H,1-2,5-6,9-16,21H2,(H,22,24);2*1H. The van der Waals surface area contributed by atoms with Gasteiger partial charge in [0.25, 0.3) is 0 Å². The molecule has 0 aromatic heterocycles. The maximum atomic E-state index is 12.5. The molecule has 2 saturated heterocycles. The van der Waals surface area contributed by atoms with Gasteiger partial charge in [-0.2, -0.15) is 0 Å². The quantitative estimate of drug-likeness (QED) is 0.772. The van der Waals surface area contributed by atoms with Gasteiger partial charge in [0.05, 0.1) is 5.54 Å². The average molecular weight is 418 g/mol. The maximum absolute atomic E-state index is 12.5. The molecule has 1 aromatic carbocycles. The normalized spacial score (nSPS) is 19.9. The molecule has 1 amide bonds. The van der Waals surface area contributed by atoms with E-state index in [1.54, 1.807) is 0 Å². The number of hydrogen-bond acceptors (Lipinski definition) is 4. The van der Waals surface area contributed by atoms with Gasteiger partial charge in [0.2, 0.25) is 5.91 Å². The molecule has 2 aliphatic heterocycles. The van der Waals surface area contributed by atoms with Gasteiger partial charge in [-0.3, -0.25) is 9.69 Å². The van der Waals surface area contributed by atoms with Crippen LogP contribution in [0, 0.1) is 0 Å². The monoisotopic (exact) mass is 417 g/mol. The van der Waals surface area contributed by atoms with Crippen molar-refractivity contribution in [2.45, 2.75) is 57.2 Å². The molecule has 2 heterocycles. The summed E-state index contributed by atoms with van der Waals surface area (Å²) in [5, 5.41) is 3.06. The Kier molecular flexibility index (Phi) is 10.6. The molecule has 0 bridgehead atoms. The van der Waals surface area contributed by atoms with Crippen molar-refractivity contribution >= 4 is 30.7 Å². The van der Waals surface area contributed by atoms with Crippen molar-refractivity contribution in [2.24, 2.45) is 5.73 Å². The Bertz CT molecular complexity index is 572. The molecule has 0 aliphatic carbocycles. The van der Waals surface area contributed by atoms with Crippen LogP contribution in [0.3, 0.4) is 0 Å². The second-order valence-electron chi connectivity index (χ2n) is 7.41. The molecule has 0 radical (unpaired) electrons. The van der Waals surface area contributed by atoms with Gasteiger partial charge in [-0.15, -0.1) is 24.8 Å². The number of nitrogens with one attached hydrogen (secondary N) is 1. The minimum absolute atomic E-state index is 0. The largest absolute Gasteiger partial charge is 0.381 e. The van der Waals surface area contributed by atoms with Crippen molar-refractivity contribution in [2.75, 3.05) is 26.3 Å². The second kappa shape index (κ2) is 11.9. The Morgan fingerprint density at radius 1 is 1.04 bits per heavy atom. The summed E-state index contributed by atoms with van der Waals surface area (Å²) in [6.45, 7) is 4.99. The van der Waals surface area contributed by atoms with Gasteiger partial charge in [0.1, 0.15) is 0 Å². The molecular formula is C20H33Cl2N3O2. The number of rotatable bonds is 5. The predicted octanol–water partition coefficient (Wildman–Crippen LogP) is 3.03. The van der Waals surface area contributed by atoms with Crippen LogP contribution in [0.5, 0.6) is 0 Å². The number of benzene rings is 1. The summed E-state index contributed by atoms with van der Waals surface area (Å²) < 4.78 is 5.33. The van der Waals surface area contributed by atoms with E-state index in [-0.39, 0.29) is 30.7 Å². The van der Waals surface area contributed by atoms with Crippen molar-refractivity contribution < 1.29 is 9.53 Å². The minimum atomic E-state index is -0.780. The van der Waals surface area contributed by atoms with Crippen molar-refractivity contribution in [3.05, 3.63) is 35.4 Å². The summed E-state index contributed by atoms with van der Waals surface area (Å²) in [5.41, 5.74) is 7.99. The zero-order valence-electron chi connectivity index (χ0n) is 16.0. The molecule has 1 aromatic rings. The highest BCUT2D eigenvalue weighted by Crippen LogP contribution is 2.19. The van der Waals surface area contributed by atoms with E-state index < -0.39 is 5.54 Å². The number of halogens is 2. The third-order valence-corrected chi connectivity index (χ3v) is 5.49. The summed E-state index contributed by atoms with van der Waals surface area (Å²) in [6, 6.07) is 8.42. The zero-order valence-corrected chi connectivity index (χ0v) is 17.6. The summed E-state index contributed by atoms with van der Waals surface area (Å²) in [4.78, 5) is 15.1. The molecule has 0 unspecified atom stereocenters. The topological polar surface area (TPSA) is 67.6 Å². The molecule has 3 N–H and O–H groups in total. The SMILES string of the molecule is Cl.Cl.NC1(C(=O)NCc2ccccc2CN2CCCCCC2)CCOCC1. The van der Waals surface area contributed by atoms with Crippen LogP contribution in [0.4, 0.5) is 0 Å². The highest BCUT2D eigenvalue weighted by Gasteiger charge is 2.35. The van der Waals surface area contributed by atoms with E-state index in [9.17, 15) is 4.79 Å². The first-order valence-corrected chi connectivity index (χ1v) is 9.61. The van der Waals surface area contributed by atoms with Crippen LogP contribution in [-0.2, 0) is 22.6 Å². The molecule has 27 heavy (non-hydrogen) atoms. The van der Waals surface area contributed by atoms with Crippen LogP contribution in [0.1, 0.15) is 49.7 Å². The van der Waals surface area contributed by atoms with Crippen molar-refractivity contribution in [1.29, 1.82) is 0 Å². The number of carbonyl (C=O) groups excluding carboxylic acids is 1. The zero-order chi connectivity index (χ0) is 17.5. The summed E-state index contributed by atoms with van der Waals surface area (Å²) >= 11 is 0. The van der Waals surface area contributed by atoms with E-state index in [0.717, 1.165) is 6.54 Å². The molecule has 154 valence electrons. The van der Waals surface area contributed by atoms with Crippen molar-refractivity contribution in [3.8, 4) is 0 Å². The first-order valence-electron chi connectivity index (χ1n) is 9.61. The van der Waals surface area contributed by atoms with Gasteiger partial charge in [-0.05, 0) is 49.9 Å². The van der Waals surface area contributed by atoms with Gasteiger partial charge >= 0.3 is 0 Å². The fourth-order valence-corrected chi connectivity index (χ4v) is 3.73. The fourth-order valence-electron chi connectivity index (χ4n) is 3.73. The number of nitrogens with two attached hydrogens (primary N) is 1. The maximum Gasteiger partial charge on any atom is 0.240 e. The Labute approximate surface area is 175 Å². The van der Waals surface area contributed by atoms with Crippen LogP contribution in [0.15, 0.2) is 24.3 Å². The summed E-state index contributed by atoms with van der Waals surface area (Å²) in [7, 11) is 0. The fraction of sp³-hybridized carbons (Fsp3) is 0.650. The number of ether oxygens (including phenoxy) is 1. The van der Waals surface area contributed by atoms with Gasteiger partial charge < -0.3 is 15.8 Å². The molecule has 0 saturated carbocycles. The highest BCUT2D eigenvalue weighted by molar-refractivity contribution is 5.86. The Morgan fingerprint density at radius 2 is 1.63 bits per heavy atom. The molecule has 2 aliphatic rings. The lowest BCUT2D eigenvalue weighted by Crippen LogP contribution is -2.56. The number of hydrogen-bond donors (Lipinski definition) is 2. The lowest BCUT2D eigenvalue weighted by Gasteiger charge is -2.32. The highest BCUT2D eigenvalue weighted by atomic mass is 35.5. The Hall–Kier alpha value is -0.850. The van der Waals surface area contributed by atoms with Gasteiger partial charge in [0, 0.05) is 26.3 Å². The Balaban J connectivity index is 0.00000182. The predicted molar refractivity (Wildman–Crippen MR) is 114 cm³/mol. The van der Waals surface area contributed by atoms with Crippen molar-refractivity contribution in [3.63, 3.8) is 0 Å². The molecule has 7 heteroatoms. The third kappa shape index (κ3) is 6.91. The molecule has 0 spiro atoms. The molecule has 5 nitrogen and oxygen atoms in total. The van der Waals surface area contributed by atoms with Crippen LogP contribution in [0.25, 0.3) is 0 Å². The molecular weight excluding hydrogens is 385 g/mol. The Morgan fingerprint density at radius 3 is 2.26 bits per heavy atom. The van der Waals surface area contributed by atoms with Crippen LogP contribution < -0.4 is 11.1 Å². The lowest BCUT2D eigenvalue weighted by molar-refractivity contribution is -0.129. The number of nitrogens with zero attached hydrogens (tertiary/aromatic N) is 1. The number of carbonyl (C=O) groups is 1. The minimum Gasteiger partial charge on any atom is -0.381 e. The first kappa shape index (κ1) is 24.2. The van der Waals surface area contributed by atoms with E-state index in [1.807, 2.05) is 6.07 Å². The average Bonchev–Trinajstić information content (AvgIpc) is 2.90. The number of likely N-dealkylation sites (tertiary alicyclic amines) is 1. The molecule has 2 fully saturated rings. The van der Waals surface area contributed by atoms with Gasteiger partial charge in [-0.25, -0.2) is 0 Å².